The number of furan rings is 1. The smallest absolute Gasteiger partial charge is 0.289 e. The summed E-state index contributed by atoms with van der Waals surface area (Å²) >= 11 is 1.14. The first kappa shape index (κ1) is 18.7. The normalized spacial score (nSPS) is 15.0. The van der Waals surface area contributed by atoms with Gasteiger partial charge in [0.05, 0.1) is 11.7 Å². The second-order valence-corrected chi connectivity index (χ2v) is 8.09. The van der Waals surface area contributed by atoms with E-state index >= 15 is 0 Å². The molecule has 1 aliphatic heterocycles. The van der Waals surface area contributed by atoms with Crippen molar-refractivity contribution in [3.8, 4) is 0 Å². The van der Waals surface area contributed by atoms with Gasteiger partial charge in [-0.1, -0.05) is 18.2 Å². The van der Waals surface area contributed by atoms with Gasteiger partial charge in [0.15, 0.2) is 5.76 Å². The summed E-state index contributed by atoms with van der Waals surface area (Å²) in [6, 6.07) is 14.8. The Bertz CT molecular complexity index is 1190. The molecular formula is C22H20N4O3S. The fraction of sp³-hybridized carbons (Fsp3) is 0.273. The number of rotatable bonds is 4. The summed E-state index contributed by atoms with van der Waals surface area (Å²) < 4.78 is 14.0. The molecule has 0 atom stereocenters. The quantitative estimate of drug-likeness (QED) is 0.544. The molecule has 0 saturated carbocycles. The van der Waals surface area contributed by atoms with Crippen molar-refractivity contribution in [1.29, 1.82) is 0 Å². The van der Waals surface area contributed by atoms with Crippen molar-refractivity contribution >= 4 is 45.5 Å². The third kappa shape index (κ3) is 3.66. The molecule has 0 unspecified atom stereocenters. The zero-order chi connectivity index (χ0) is 20.5. The Labute approximate surface area is 177 Å². The zero-order valence-corrected chi connectivity index (χ0v) is 17.0. The predicted molar refractivity (Wildman–Crippen MR) is 115 cm³/mol. The van der Waals surface area contributed by atoms with Gasteiger partial charge in [0.25, 0.3) is 11.8 Å². The number of piperidine rings is 1. The van der Waals surface area contributed by atoms with E-state index in [4.69, 9.17) is 4.42 Å². The number of para-hydroxylation sites is 1. The minimum atomic E-state index is -0.106. The van der Waals surface area contributed by atoms with Gasteiger partial charge < -0.3 is 14.6 Å². The summed E-state index contributed by atoms with van der Waals surface area (Å²) in [5.74, 6) is 0.553. The minimum Gasteiger partial charge on any atom is -0.451 e. The minimum absolute atomic E-state index is 0.0705. The van der Waals surface area contributed by atoms with Crippen molar-refractivity contribution in [2.24, 2.45) is 5.92 Å². The van der Waals surface area contributed by atoms with Crippen LogP contribution in [-0.2, 0) is 0 Å². The van der Waals surface area contributed by atoms with Gasteiger partial charge in [-0.15, -0.1) is 0 Å². The summed E-state index contributed by atoms with van der Waals surface area (Å²) in [6.45, 7) is 1.92. The molecule has 1 fully saturated rings. The molecule has 1 N–H and O–H groups in total. The van der Waals surface area contributed by atoms with Crippen molar-refractivity contribution in [1.82, 2.24) is 19.0 Å². The van der Waals surface area contributed by atoms with Crippen molar-refractivity contribution in [3.63, 3.8) is 0 Å². The van der Waals surface area contributed by atoms with Gasteiger partial charge in [0.1, 0.15) is 16.6 Å². The average Bonchev–Trinajstić information content (AvgIpc) is 3.43. The fourth-order valence-corrected chi connectivity index (χ4v) is 4.36. The van der Waals surface area contributed by atoms with Crippen LogP contribution >= 0.6 is 11.7 Å². The van der Waals surface area contributed by atoms with Crippen molar-refractivity contribution in [3.05, 3.63) is 59.9 Å². The topological polar surface area (TPSA) is 88.3 Å². The third-order valence-electron chi connectivity index (χ3n) is 5.61. The standard InChI is InChI=1S/C22H20N4O3S/c27-21(16-5-6-17-18(11-16)25-30-24-17)23-13-14-7-9-26(10-8-14)22(28)20-12-15-3-1-2-4-19(15)29-20/h1-6,11-12,14H,7-10,13H2,(H,23,27). The predicted octanol–water partition coefficient (Wildman–Crippen LogP) is 3.72. The molecule has 1 saturated heterocycles. The molecule has 4 aromatic rings. The maximum Gasteiger partial charge on any atom is 0.289 e. The second kappa shape index (κ2) is 7.87. The number of nitrogens with zero attached hydrogens (tertiary/aromatic N) is 3. The van der Waals surface area contributed by atoms with E-state index in [2.05, 4.69) is 14.1 Å². The van der Waals surface area contributed by atoms with Crippen LogP contribution in [0.15, 0.2) is 52.9 Å². The highest BCUT2D eigenvalue weighted by Gasteiger charge is 2.26. The van der Waals surface area contributed by atoms with E-state index < -0.39 is 0 Å². The highest BCUT2D eigenvalue weighted by Crippen LogP contribution is 2.23. The van der Waals surface area contributed by atoms with Gasteiger partial charge in [0, 0.05) is 30.6 Å². The molecule has 2 amide bonds. The molecule has 152 valence electrons. The van der Waals surface area contributed by atoms with Crippen LogP contribution in [0.3, 0.4) is 0 Å². The Morgan fingerprint density at radius 3 is 2.70 bits per heavy atom. The number of carbonyl (C=O) groups is 2. The van der Waals surface area contributed by atoms with Crippen LogP contribution < -0.4 is 5.32 Å². The van der Waals surface area contributed by atoms with Crippen molar-refractivity contribution in [2.45, 2.75) is 12.8 Å². The number of nitrogens with one attached hydrogen (secondary N) is 1. The molecule has 30 heavy (non-hydrogen) atoms. The fourth-order valence-electron chi connectivity index (χ4n) is 3.85. The van der Waals surface area contributed by atoms with E-state index in [0.717, 1.165) is 46.6 Å². The van der Waals surface area contributed by atoms with Crippen LogP contribution in [-0.4, -0.2) is 45.1 Å². The number of aromatic nitrogens is 2. The number of carbonyl (C=O) groups excluding carboxylic acids is 2. The molecule has 7 nitrogen and oxygen atoms in total. The molecule has 5 rings (SSSR count). The first-order chi connectivity index (χ1) is 14.7. The molecule has 8 heteroatoms. The van der Waals surface area contributed by atoms with Gasteiger partial charge >= 0.3 is 0 Å². The van der Waals surface area contributed by atoms with Crippen molar-refractivity contribution in [2.75, 3.05) is 19.6 Å². The van der Waals surface area contributed by atoms with Crippen LogP contribution in [0.25, 0.3) is 22.0 Å². The summed E-state index contributed by atoms with van der Waals surface area (Å²) in [5, 5.41) is 3.95. The van der Waals surface area contributed by atoms with Crippen LogP contribution in [0.4, 0.5) is 0 Å². The lowest BCUT2D eigenvalue weighted by atomic mass is 9.96. The monoisotopic (exact) mass is 420 g/mol. The summed E-state index contributed by atoms with van der Waals surface area (Å²) in [4.78, 5) is 27.1. The Morgan fingerprint density at radius 1 is 1.07 bits per heavy atom. The molecule has 2 aromatic heterocycles. The van der Waals surface area contributed by atoms with Gasteiger partial charge in [0.2, 0.25) is 0 Å². The van der Waals surface area contributed by atoms with Crippen LogP contribution in [0.5, 0.6) is 0 Å². The Hall–Kier alpha value is -3.26. The van der Waals surface area contributed by atoms with E-state index in [9.17, 15) is 9.59 Å². The van der Waals surface area contributed by atoms with Crippen LogP contribution in [0, 0.1) is 5.92 Å². The van der Waals surface area contributed by atoms with Gasteiger partial charge in [-0.2, -0.15) is 8.75 Å². The summed E-state index contributed by atoms with van der Waals surface area (Å²) in [5.41, 5.74) is 2.86. The van der Waals surface area contributed by atoms with Crippen LogP contribution in [0.2, 0.25) is 0 Å². The molecule has 0 bridgehead atoms. The highest BCUT2D eigenvalue weighted by molar-refractivity contribution is 7.00. The number of fused-ring (bicyclic) bond motifs is 2. The summed E-state index contributed by atoms with van der Waals surface area (Å²) in [6.07, 6.45) is 1.70. The molecule has 3 heterocycles. The Balaban J connectivity index is 1.15. The molecule has 1 aliphatic rings. The lowest BCUT2D eigenvalue weighted by Gasteiger charge is -2.31. The van der Waals surface area contributed by atoms with Crippen LogP contribution in [0.1, 0.15) is 33.8 Å². The van der Waals surface area contributed by atoms with E-state index in [1.165, 1.54) is 0 Å². The molecule has 2 aromatic carbocycles. The first-order valence-corrected chi connectivity index (χ1v) is 10.7. The van der Waals surface area contributed by atoms with E-state index in [0.29, 0.717) is 36.9 Å². The maximum atomic E-state index is 12.8. The summed E-state index contributed by atoms with van der Waals surface area (Å²) in [7, 11) is 0. The number of likely N-dealkylation sites (tertiary alicyclic amines) is 1. The van der Waals surface area contributed by atoms with E-state index in [1.807, 2.05) is 35.2 Å². The maximum absolute atomic E-state index is 12.8. The number of hydrogen-bond donors (Lipinski definition) is 1. The molecular weight excluding hydrogens is 400 g/mol. The molecule has 0 aliphatic carbocycles. The molecule has 0 radical (unpaired) electrons. The van der Waals surface area contributed by atoms with E-state index in [1.54, 1.807) is 18.2 Å². The average molecular weight is 420 g/mol. The lowest BCUT2D eigenvalue weighted by molar-refractivity contribution is 0.0655. The lowest BCUT2D eigenvalue weighted by Crippen LogP contribution is -2.41. The van der Waals surface area contributed by atoms with Crippen molar-refractivity contribution < 1.29 is 14.0 Å². The SMILES string of the molecule is O=C(NCC1CCN(C(=O)c2cc3ccccc3o2)CC1)c1ccc2nsnc2c1. The van der Waals surface area contributed by atoms with Gasteiger partial charge in [-0.25, -0.2) is 0 Å². The Kier molecular flexibility index (Phi) is 4.92. The third-order valence-corrected chi connectivity index (χ3v) is 6.16. The first-order valence-electron chi connectivity index (χ1n) is 9.96. The zero-order valence-electron chi connectivity index (χ0n) is 16.2. The van der Waals surface area contributed by atoms with Gasteiger partial charge in [-0.3, -0.25) is 9.59 Å². The number of amides is 2. The number of hydrogen-bond acceptors (Lipinski definition) is 6. The van der Waals surface area contributed by atoms with Gasteiger partial charge in [-0.05, 0) is 49.1 Å². The Morgan fingerprint density at radius 2 is 1.87 bits per heavy atom. The second-order valence-electron chi connectivity index (χ2n) is 7.56. The van der Waals surface area contributed by atoms with E-state index in [-0.39, 0.29) is 11.8 Å². The highest BCUT2D eigenvalue weighted by atomic mass is 32.1. The number of benzene rings is 2. The largest absolute Gasteiger partial charge is 0.451 e. The molecule has 0 spiro atoms.